The number of piperazine rings is 1. The molecule has 32 heavy (non-hydrogen) atoms. The predicted molar refractivity (Wildman–Crippen MR) is 123 cm³/mol. The Labute approximate surface area is 196 Å². The summed E-state index contributed by atoms with van der Waals surface area (Å²) in [5.41, 5.74) is 1.09. The molecule has 0 atom stereocenters. The average molecular weight is 477 g/mol. The number of carbonyl (C=O) groups is 2. The van der Waals surface area contributed by atoms with E-state index in [1.54, 1.807) is 30.5 Å². The van der Waals surface area contributed by atoms with Crippen LogP contribution < -0.4 is 0 Å². The fourth-order valence-corrected chi connectivity index (χ4v) is 4.95. The molecule has 170 valence electrons. The van der Waals surface area contributed by atoms with Crippen molar-refractivity contribution in [3.8, 4) is 0 Å². The van der Waals surface area contributed by atoms with E-state index < -0.39 is 0 Å². The molecule has 2 aromatic rings. The Balaban J connectivity index is 1.22. The maximum absolute atomic E-state index is 14.0. The number of benzene rings is 1. The highest BCUT2D eigenvalue weighted by molar-refractivity contribution is 7.99. The highest BCUT2D eigenvalue weighted by Crippen LogP contribution is 2.22. The first kappa shape index (κ1) is 23.0. The topological polar surface area (TPSA) is 56.8 Å². The third kappa shape index (κ3) is 5.60. The van der Waals surface area contributed by atoms with Gasteiger partial charge in [-0.05, 0) is 37.1 Å². The molecule has 6 nitrogen and oxygen atoms in total. The van der Waals surface area contributed by atoms with E-state index in [-0.39, 0.29) is 17.6 Å². The van der Waals surface area contributed by atoms with Gasteiger partial charge in [-0.2, -0.15) is 0 Å². The Bertz CT molecular complexity index is 941. The lowest BCUT2D eigenvalue weighted by molar-refractivity contribution is -0.130. The first-order chi connectivity index (χ1) is 15.5. The number of pyridine rings is 1. The monoisotopic (exact) mass is 476 g/mol. The van der Waals surface area contributed by atoms with E-state index in [2.05, 4.69) is 9.88 Å². The van der Waals surface area contributed by atoms with Gasteiger partial charge >= 0.3 is 0 Å². The summed E-state index contributed by atoms with van der Waals surface area (Å²) in [6, 6.07) is 8.30. The van der Waals surface area contributed by atoms with Crippen molar-refractivity contribution < 1.29 is 14.0 Å². The van der Waals surface area contributed by atoms with Crippen LogP contribution in [0.3, 0.4) is 0 Å². The zero-order valence-corrected chi connectivity index (χ0v) is 19.4. The molecular formula is C23H26ClFN4O2S. The van der Waals surface area contributed by atoms with E-state index in [4.69, 9.17) is 11.6 Å². The molecule has 0 N–H and O–H groups in total. The molecule has 1 aromatic heterocycles. The minimum Gasteiger partial charge on any atom is -0.339 e. The predicted octanol–water partition coefficient (Wildman–Crippen LogP) is 3.55. The molecule has 0 radical (unpaired) electrons. The van der Waals surface area contributed by atoms with E-state index >= 15 is 0 Å². The summed E-state index contributed by atoms with van der Waals surface area (Å²) in [5.74, 6) is 0.0776. The summed E-state index contributed by atoms with van der Waals surface area (Å²) in [6.07, 6.45) is 3.71. The number of carbonyl (C=O) groups excluding carboxylic acids is 2. The SMILES string of the molecule is O=C(CSc1ccc(C(=O)N2CCCC2)cn1)N1CCN(Cc2c(F)cccc2Cl)CC1. The van der Waals surface area contributed by atoms with Crippen molar-refractivity contribution in [2.24, 2.45) is 0 Å². The fourth-order valence-electron chi connectivity index (χ4n) is 3.98. The lowest BCUT2D eigenvalue weighted by Crippen LogP contribution is -2.48. The van der Waals surface area contributed by atoms with Crippen LogP contribution in [-0.2, 0) is 11.3 Å². The number of hydrogen-bond donors (Lipinski definition) is 0. The van der Waals surface area contributed by atoms with Gasteiger partial charge < -0.3 is 9.80 Å². The van der Waals surface area contributed by atoms with Crippen LogP contribution in [0.25, 0.3) is 0 Å². The van der Waals surface area contributed by atoms with Crippen molar-refractivity contribution in [2.75, 3.05) is 45.0 Å². The van der Waals surface area contributed by atoms with Crippen LogP contribution in [0.15, 0.2) is 41.6 Å². The normalized spacial score (nSPS) is 17.1. The highest BCUT2D eigenvalue weighted by Gasteiger charge is 2.23. The minimum absolute atomic E-state index is 0.0252. The third-order valence-corrected chi connectivity index (χ3v) is 7.17. The Morgan fingerprint density at radius 1 is 1.00 bits per heavy atom. The van der Waals surface area contributed by atoms with Gasteiger partial charge in [0.2, 0.25) is 5.91 Å². The van der Waals surface area contributed by atoms with Gasteiger partial charge in [0, 0.05) is 62.6 Å². The van der Waals surface area contributed by atoms with Gasteiger partial charge in [-0.25, -0.2) is 9.37 Å². The summed E-state index contributed by atoms with van der Waals surface area (Å²) in [4.78, 5) is 35.2. The average Bonchev–Trinajstić information content (AvgIpc) is 3.35. The lowest BCUT2D eigenvalue weighted by Gasteiger charge is -2.35. The Hall–Kier alpha value is -2.16. The molecule has 0 unspecified atom stereocenters. The van der Waals surface area contributed by atoms with Gasteiger partial charge in [0.15, 0.2) is 0 Å². The molecule has 3 heterocycles. The molecule has 0 aliphatic carbocycles. The van der Waals surface area contributed by atoms with Crippen LogP contribution in [0, 0.1) is 5.82 Å². The summed E-state index contributed by atoms with van der Waals surface area (Å²) >= 11 is 7.50. The zero-order chi connectivity index (χ0) is 22.5. The third-order valence-electron chi connectivity index (χ3n) is 5.89. The number of hydrogen-bond acceptors (Lipinski definition) is 5. The Morgan fingerprint density at radius 3 is 2.41 bits per heavy atom. The molecule has 4 rings (SSSR count). The molecular weight excluding hydrogens is 451 g/mol. The minimum atomic E-state index is -0.298. The maximum Gasteiger partial charge on any atom is 0.255 e. The first-order valence-electron chi connectivity index (χ1n) is 10.8. The van der Waals surface area contributed by atoms with Crippen molar-refractivity contribution in [1.29, 1.82) is 0 Å². The molecule has 2 aliphatic heterocycles. The van der Waals surface area contributed by atoms with Crippen molar-refractivity contribution in [1.82, 2.24) is 19.7 Å². The van der Waals surface area contributed by atoms with Gasteiger partial charge in [0.25, 0.3) is 5.91 Å². The number of nitrogens with zero attached hydrogens (tertiary/aromatic N) is 4. The number of thioether (sulfide) groups is 1. The highest BCUT2D eigenvalue weighted by atomic mass is 35.5. The quantitative estimate of drug-likeness (QED) is 0.597. The standard InChI is InChI=1S/C23H26ClFN4O2S/c24-19-4-3-5-20(25)18(19)15-27-10-12-28(13-11-27)22(30)16-32-21-7-6-17(14-26-21)23(31)29-8-1-2-9-29/h3-7,14H,1-2,8-13,15-16H2. The van der Waals surface area contributed by atoms with Gasteiger partial charge in [0.05, 0.1) is 16.3 Å². The molecule has 0 bridgehead atoms. The first-order valence-corrected chi connectivity index (χ1v) is 12.2. The van der Waals surface area contributed by atoms with Crippen LogP contribution in [0.5, 0.6) is 0 Å². The van der Waals surface area contributed by atoms with Gasteiger partial charge in [-0.15, -0.1) is 0 Å². The second kappa shape index (κ2) is 10.6. The van der Waals surface area contributed by atoms with Crippen molar-refractivity contribution in [2.45, 2.75) is 24.4 Å². The summed E-state index contributed by atoms with van der Waals surface area (Å²) in [7, 11) is 0. The largest absolute Gasteiger partial charge is 0.339 e. The molecule has 2 amide bonds. The molecule has 1 aromatic carbocycles. The molecule has 0 saturated carbocycles. The van der Waals surface area contributed by atoms with Crippen LogP contribution in [0.2, 0.25) is 5.02 Å². The van der Waals surface area contributed by atoms with Crippen molar-refractivity contribution >= 4 is 35.2 Å². The van der Waals surface area contributed by atoms with Crippen molar-refractivity contribution in [3.63, 3.8) is 0 Å². The summed E-state index contributed by atoms with van der Waals surface area (Å²) in [5, 5.41) is 1.16. The molecule has 9 heteroatoms. The van der Waals surface area contributed by atoms with Crippen molar-refractivity contribution in [3.05, 3.63) is 58.5 Å². The number of amides is 2. The second-order valence-electron chi connectivity index (χ2n) is 8.03. The van der Waals surface area contributed by atoms with E-state index in [1.165, 1.54) is 17.8 Å². The van der Waals surface area contributed by atoms with E-state index in [9.17, 15) is 14.0 Å². The Kier molecular flexibility index (Phi) is 7.65. The van der Waals surface area contributed by atoms with E-state index in [1.807, 2.05) is 9.80 Å². The van der Waals surface area contributed by atoms with Gasteiger partial charge in [0.1, 0.15) is 5.82 Å². The number of aromatic nitrogens is 1. The number of rotatable bonds is 6. The summed E-state index contributed by atoms with van der Waals surface area (Å²) in [6.45, 7) is 4.60. The zero-order valence-electron chi connectivity index (χ0n) is 17.8. The molecule has 0 spiro atoms. The fraction of sp³-hybridized carbons (Fsp3) is 0.435. The van der Waals surface area contributed by atoms with Crippen LogP contribution in [-0.4, -0.2) is 76.5 Å². The molecule has 2 aliphatic rings. The Morgan fingerprint density at radius 2 is 1.75 bits per heavy atom. The smallest absolute Gasteiger partial charge is 0.255 e. The van der Waals surface area contributed by atoms with Crippen LogP contribution in [0.4, 0.5) is 4.39 Å². The number of halogens is 2. The maximum atomic E-state index is 14.0. The van der Waals surface area contributed by atoms with Gasteiger partial charge in [-0.1, -0.05) is 29.4 Å². The van der Waals surface area contributed by atoms with Crippen LogP contribution >= 0.6 is 23.4 Å². The van der Waals surface area contributed by atoms with E-state index in [0.29, 0.717) is 54.6 Å². The van der Waals surface area contributed by atoms with Gasteiger partial charge in [-0.3, -0.25) is 14.5 Å². The molecule has 2 saturated heterocycles. The lowest BCUT2D eigenvalue weighted by atomic mass is 10.2. The number of likely N-dealkylation sites (tertiary alicyclic amines) is 1. The molecule has 2 fully saturated rings. The second-order valence-corrected chi connectivity index (χ2v) is 9.43. The summed E-state index contributed by atoms with van der Waals surface area (Å²) < 4.78 is 14.0. The van der Waals surface area contributed by atoms with E-state index in [0.717, 1.165) is 31.0 Å². The van der Waals surface area contributed by atoms with Crippen LogP contribution in [0.1, 0.15) is 28.8 Å².